The summed E-state index contributed by atoms with van der Waals surface area (Å²) in [5, 5.41) is 0. The van der Waals surface area contributed by atoms with E-state index in [9.17, 15) is 4.39 Å². The van der Waals surface area contributed by atoms with Crippen LogP contribution in [0.3, 0.4) is 0 Å². The largest absolute Gasteiger partial charge is 0.370 e. The lowest BCUT2D eigenvalue weighted by molar-refractivity contribution is 0.626. The molecule has 0 amide bonds. The molecule has 0 N–H and O–H groups in total. The third-order valence-electron chi connectivity index (χ3n) is 2.93. The molecule has 0 fully saturated rings. The van der Waals surface area contributed by atoms with Gasteiger partial charge in [0.05, 0.1) is 0 Å². The van der Waals surface area contributed by atoms with Crippen molar-refractivity contribution in [2.24, 2.45) is 0 Å². The number of nitrogens with zero attached hydrogens (tertiary/aromatic N) is 1. The number of anilines is 1. The van der Waals surface area contributed by atoms with E-state index in [-0.39, 0.29) is 5.82 Å². The first-order chi connectivity index (χ1) is 9.10. The van der Waals surface area contributed by atoms with Crippen molar-refractivity contribution in [3.05, 3.63) is 63.9 Å². The molecule has 0 atom stereocenters. The van der Waals surface area contributed by atoms with Gasteiger partial charge in [0.1, 0.15) is 5.82 Å². The smallest absolute Gasteiger partial charge is 0.123 e. The molecule has 19 heavy (non-hydrogen) atoms. The number of hydrogen-bond acceptors (Lipinski definition) is 1. The average Bonchev–Trinajstić information content (AvgIpc) is 2.41. The first-order valence-electron chi connectivity index (χ1n) is 5.90. The van der Waals surface area contributed by atoms with Crippen LogP contribution >= 0.6 is 27.5 Å². The molecular formula is C15H14BrClFN. The van der Waals surface area contributed by atoms with Gasteiger partial charge < -0.3 is 4.90 Å². The van der Waals surface area contributed by atoms with E-state index in [1.54, 1.807) is 6.07 Å². The van der Waals surface area contributed by atoms with Crippen molar-refractivity contribution in [1.29, 1.82) is 0 Å². The topological polar surface area (TPSA) is 3.24 Å². The fourth-order valence-electron chi connectivity index (χ4n) is 1.98. The van der Waals surface area contributed by atoms with Gasteiger partial charge in [-0.15, -0.1) is 11.6 Å². The molecule has 0 saturated carbocycles. The van der Waals surface area contributed by atoms with Crippen LogP contribution in [0.5, 0.6) is 0 Å². The van der Waals surface area contributed by atoms with Gasteiger partial charge in [-0.3, -0.25) is 0 Å². The summed E-state index contributed by atoms with van der Waals surface area (Å²) in [6.07, 6.45) is 0. The van der Waals surface area contributed by atoms with E-state index in [0.29, 0.717) is 5.88 Å². The van der Waals surface area contributed by atoms with Gasteiger partial charge in [0, 0.05) is 29.6 Å². The normalized spacial score (nSPS) is 10.5. The highest BCUT2D eigenvalue weighted by Gasteiger charge is 2.08. The maximum atomic E-state index is 13.2. The van der Waals surface area contributed by atoms with Crippen LogP contribution in [0.2, 0.25) is 0 Å². The molecule has 0 aliphatic carbocycles. The van der Waals surface area contributed by atoms with Gasteiger partial charge in [0.25, 0.3) is 0 Å². The fourth-order valence-corrected chi connectivity index (χ4v) is 2.46. The minimum Gasteiger partial charge on any atom is -0.370 e. The monoisotopic (exact) mass is 341 g/mol. The standard InChI is InChI=1S/C15H14BrClFN/c1-19(10-11-2-4-13(16)5-3-11)15-7-6-14(18)8-12(15)9-17/h2-8H,9-10H2,1H3. The molecule has 0 saturated heterocycles. The SMILES string of the molecule is CN(Cc1ccc(Br)cc1)c1ccc(F)cc1CCl. The van der Waals surface area contributed by atoms with Crippen LogP contribution in [-0.4, -0.2) is 7.05 Å². The highest BCUT2D eigenvalue weighted by Crippen LogP contribution is 2.24. The first-order valence-corrected chi connectivity index (χ1v) is 7.23. The summed E-state index contributed by atoms with van der Waals surface area (Å²) in [7, 11) is 1.98. The summed E-state index contributed by atoms with van der Waals surface area (Å²) in [6, 6.07) is 12.9. The lowest BCUT2D eigenvalue weighted by Gasteiger charge is -2.22. The number of hydrogen-bond donors (Lipinski definition) is 0. The van der Waals surface area contributed by atoms with Crippen molar-refractivity contribution in [3.8, 4) is 0 Å². The van der Waals surface area contributed by atoms with Gasteiger partial charge in [0.15, 0.2) is 0 Å². The zero-order chi connectivity index (χ0) is 13.8. The van der Waals surface area contributed by atoms with E-state index < -0.39 is 0 Å². The molecule has 4 heteroatoms. The van der Waals surface area contributed by atoms with Crippen molar-refractivity contribution >= 4 is 33.2 Å². The molecule has 100 valence electrons. The Labute approximate surface area is 126 Å². The summed E-state index contributed by atoms with van der Waals surface area (Å²) in [6.45, 7) is 0.753. The van der Waals surface area contributed by atoms with E-state index in [1.165, 1.54) is 17.7 Å². The molecule has 0 aromatic heterocycles. The molecule has 1 nitrogen and oxygen atoms in total. The van der Waals surface area contributed by atoms with Gasteiger partial charge in [-0.1, -0.05) is 28.1 Å². The summed E-state index contributed by atoms with van der Waals surface area (Å²) in [5.41, 5.74) is 2.95. The van der Waals surface area contributed by atoms with Gasteiger partial charge in [0.2, 0.25) is 0 Å². The van der Waals surface area contributed by atoms with Crippen molar-refractivity contribution in [3.63, 3.8) is 0 Å². The third kappa shape index (κ3) is 3.71. The Hall–Kier alpha value is -1.06. The minimum atomic E-state index is -0.253. The van der Waals surface area contributed by atoms with Crippen LogP contribution < -0.4 is 4.90 Å². The van der Waals surface area contributed by atoms with Crippen LogP contribution in [0, 0.1) is 5.82 Å². The van der Waals surface area contributed by atoms with Gasteiger partial charge in [-0.25, -0.2) is 4.39 Å². The van der Waals surface area contributed by atoms with Crippen molar-refractivity contribution < 1.29 is 4.39 Å². The highest BCUT2D eigenvalue weighted by molar-refractivity contribution is 9.10. The Morgan fingerprint density at radius 2 is 1.84 bits per heavy atom. The second kappa shape index (κ2) is 6.40. The Morgan fingerprint density at radius 3 is 2.47 bits per heavy atom. The molecule has 0 radical (unpaired) electrons. The second-order valence-electron chi connectivity index (χ2n) is 4.39. The Bertz CT molecular complexity index is 557. The van der Waals surface area contributed by atoms with Gasteiger partial charge in [-0.2, -0.15) is 0 Å². The van der Waals surface area contributed by atoms with Crippen LogP contribution in [0.25, 0.3) is 0 Å². The number of benzene rings is 2. The molecule has 2 rings (SSSR count). The molecule has 0 aliphatic heterocycles. The van der Waals surface area contributed by atoms with E-state index in [2.05, 4.69) is 33.0 Å². The van der Waals surface area contributed by atoms with Crippen molar-refractivity contribution in [2.45, 2.75) is 12.4 Å². The molecule has 2 aromatic carbocycles. The molecular weight excluding hydrogens is 329 g/mol. The Kier molecular flexibility index (Phi) is 4.83. The summed E-state index contributed by atoms with van der Waals surface area (Å²) in [4.78, 5) is 2.07. The molecule has 0 unspecified atom stereocenters. The molecule has 0 bridgehead atoms. The zero-order valence-electron chi connectivity index (χ0n) is 10.5. The van der Waals surface area contributed by atoms with E-state index >= 15 is 0 Å². The zero-order valence-corrected chi connectivity index (χ0v) is 12.9. The predicted molar refractivity (Wildman–Crippen MR) is 82.2 cm³/mol. The third-order valence-corrected chi connectivity index (χ3v) is 3.75. The molecule has 0 aliphatic rings. The van der Waals surface area contributed by atoms with E-state index in [1.807, 2.05) is 19.2 Å². The van der Waals surface area contributed by atoms with Gasteiger partial charge in [-0.05, 0) is 41.5 Å². The fraction of sp³-hybridized carbons (Fsp3) is 0.200. The molecule has 0 spiro atoms. The lowest BCUT2D eigenvalue weighted by Crippen LogP contribution is -2.17. The second-order valence-corrected chi connectivity index (χ2v) is 5.57. The van der Waals surface area contributed by atoms with Gasteiger partial charge >= 0.3 is 0 Å². The van der Waals surface area contributed by atoms with E-state index in [4.69, 9.17) is 11.6 Å². The number of alkyl halides is 1. The molecule has 2 aromatic rings. The first kappa shape index (κ1) is 14.4. The quantitative estimate of drug-likeness (QED) is 0.710. The summed E-state index contributed by atoms with van der Waals surface area (Å²) >= 11 is 9.29. The number of halogens is 3. The number of rotatable bonds is 4. The van der Waals surface area contributed by atoms with Crippen LogP contribution in [-0.2, 0) is 12.4 Å². The van der Waals surface area contributed by atoms with Crippen LogP contribution in [0.4, 0.5) is 10.1 Å². The average molecular weight is 343 g/mol. The van der Waals surface area contributed by atoms with E-state index in [0.717, 1.165) is 22.3 Å². The Balaban J connectivity index is 2.19. The Morgan fingerprint density at radius 1 is 1.16 bits per heavy atom. The van der Waals surface area contributed by atoms with Crippen molar-refractivity contribution in [1.82, 2.24) is 0 Å². The summed E-state index contributed by atoms with van der Waals surface area (Å²) < 4.78 is 14.2. The maximum absolute atomic E-state index is 13.2. The van der Waals surface area contributed by atoms with Crippen molar-refractivity contribution in [2.75, 3.05) is 11.9 Å². The maximum Gasteiger partial charge on any atom is 0.123 e. The minimum absolute atomic E-state index is 0.253. The summed E-state index contributed by atoms with van der Waals surface area (Å²) in [5.74, 6) is 0.0500. The lowest BCUT2D eigenvalue weighted by atomic mass is 10.1. The highest BCUT2D eigenvalue weighted by atomic mass is 79.9. The van der Waals surface area contributed by atoms with Crippen LogP contribution in [0.15, 0.2) is 46.9 Å². The molecule has 0 heterocycles. The predicted octanol–water partition coefficient (Wildman–Crippen LogP) is 4.96. The van der Waals surface area contributed by atoms with Crippen LogP contribution in [0.1, 0.15) is 11.1 Å².